The summed E-state index contributed by atoms with van der Waals surface area (Å²) in [5.74, 6) is 0.844. The highest BCUT2D eigenvalue weighted by Gasteiger charge is 2.25. The SMILES string of the molecule is BrC1C=Cc2c(c3c4ccccc4ccc3n2C2=CC=C(c3nc(C4=CCCC=C4)c4ccccc4n3)CC2)C1. The zero-order chi connectivity index (χ0) is 26.6. The summed E-state index contributed by atoms with van der Waals surface area (Å²) in [5, 5.41) is 5.13. The Morgan fingerprint density at radius 3 is 2.55 bits per heavy atom. The van der Waals surface area contributed by atoms with Gasteiger partial charge in [0.15, 0.2) is 5.82 Å². The van der Waals surface area contributed by atoms with E-state index in [1.54, 1.807) is 0 Å². The minimum absolute atomic E-state index is 0.359. The van der Waals surface area contributed by atoms with E-state index < -0.39 is 0 Å². The summed E-state index contributed by atoms with van der Waals surface area (Å²) in [5.41, 5.74) is 9.80. The zero-order valence-corrected chi connectivity index (χ0v) is 23.7. The largest absolute Gasteiger partial charge is 0.313 e. The molecule has 1 atom stereocenters. The quantitative estimate of drug-likeness (QED) is 0.198. The van der Waals surface area contributed by atoms with Crippen LogP contribution in [0.3, 0.4) is 0 Å². The fraction of sp³-hybridized carbons (Fsp3) is 0.167. The van der Waals surface area contributed by atoms with Crippen LogP contribution in [0.5, 0.6) is 0 Å². The number of allylic oxidation sites excluding steroid dienone is 9. The number of hydrogen-bond acceptors (Lipinski definition) is 2. The van der Waals surface area contributed by atoms with Crippen molar-refractivity contribution < 1.29 is 0 Å². The number of fused-ring (bicyclic) bond motifs is 6. The molecule has 1 unspecified atom stereocenters. The van der Waals surface area contributed by atoms with Gasteiger partial charge in [-0.25, -0.2) is 9.97 Å². The van der Waals surface area contributed by atoms with Gasteiger partial charge >= 0.3 is 0 Å². The van der Waals surface area contributed by atoms with E-state index in [2.05, 4.69) is 124 Å². The van der Waals surface area contributed by atoms with Crippen LogP contribution in [0.25, 0.3) is 55.5 Å². The minimum Gasteiger partial charge on any atom is -0.313 e. The molecule has 3 aromatic carbocycles. The van der Waals surface area contributed by atoms with Crippen molar-refractivity contribution in [1.82, 2.24) is 14.5 Å². The summed E-state index contributed by atoms with van der Waals surface area (Å²) >= 11 is 3.86. The molecule has 194 valence electrons. The highest BCUT2D eigenvalue weighted by atomic mass is 79.9. The minimum atomic E-state index is 0.359. The first kappa shape index (κ1) is 23.8. The predicted molar refractivity (Wildman–Crippen MR) is 172 cm³/mol. The van der Waals surface area contributed by atoms with Crippen molar-refractivity contribution in [3.8, 4) is 0 Å². The molecule has 3 aliphatic rings. The van der Waals surface area contributed by atoms with E-state index >= 15 is 0 Å². The molecule has 0 bridgehead atoms. The van der Waals surface area contributed by atoms with Crippen LogP contribution in [0.2, 0.25) is 0 Å². The lowest BCUT2D eigenvalue weighted by atomic mass is 9.97. The fourth-order valence-corrected chi connectivity index (χ4v) is 7.01. The fourth-order valence-electron chi connectivity index (χ4n) is 6.53. The van der Waals surface area contributed by atoms with Crippen molar-refractivity contribution >= 4 is 71.4 Å². The van der Waals surface area contributed by atoms with Crippen LogP contribution < -0.4 is 0 Å². The second-order valence-corrected chi connectivity index (χ2v) is 12.0. The molecule has 0 spiro atoms. The number of rotatable bonds is 3. The first-order valence-corrected chi connectivity index (χ1v) is 15.1. The van der Waals surface area contributed by atoms with E-state index in [1.165, 1.54) is 49.8 Å². The lowest BCUT2D eigenvalue weighted by Crippen LogP contribution is -2.09. The van der Waals surface area contributed by atoms with Gasteiger partial charge in [0.25, 0.3) is 0 Å². The van der Waals surface area contributed by atoms with Crippen LogP contribution >= 0.6 is 15.9 Å². The van der Waals surface area contributed by atoms with E-state index in [-0.39, 0.29) is 0 Å². The molecule has 0 amide bonds. The van der Waals surface area contributed by atoms with Gasteiger partial charge < -0.3 is 4.57 Å². The maximum Gasteiger partial charge on any atom is 0.156 e. The normalized spacial score (nSPS) is 18.6. The van der Waals surface area contributed by atoms with Gasteiger partial charge in [0.2, 0.25) is 0 Å². The smallest absolute Gasteiger partial charge is 0.156 e. The number of halogens is 1. The molecular weight excluding hydrogens is 554 g/mol. The molecule has 2 aromatic heterocycles. The Kier molecular flexibility index (Phi) is 5.70. The molecule has 0 saturated carbocycles. The zero-order valence-electron chi connectivity index (χ0n) is 22.1. The molecular formula is C36H28BrN3. The van der Waals surface area contributed by atoms with E-state index in [0.29, 0.717) is 4.83 Å². The van der Waals surface area contributed by atoms with Gasteiger partial charge in [-0.1, -0.05) is 94.8 Å². The number of para-hydroxylation sites is 1. The van der Waals surface area contributed by atoms with Crippen LogP contribution in [0.15, 0.2) is 97.1 Å². The van der Waals surface area contributed by atoms with Crippen LogP contribution in [0.1, 0.15) is 48.5 Å². The number of aromatic nitrogens is 3. The third kappa shape index (κ3) is 3.85. The lowest BCUT2D eigenvalue weighted by Gasteiger charge is -2.20. The molecule has 4 heteroatoms. The Morgan fingerprint density at radius 2 is 1.70 bits per heavy atom. The van der Waals surface area contributed by atoms with E-state index in [4.69, 9.17) is 9.97 Å². The van der Waals surface area contributed by atoms with E-state index in [9.17, 15) is 0 Å². The van der Waals surface area contributed by atoms with Crippen molar-refractivity contribution in [2.24, 2.45) is 0 Å². The Hall–Kier alpha value is -4.02. The summed E-state index contributed by atoms with van der Waals surface area (Å²) < 4.78 is 2.49. The van der Waals surface area contributed by atoms with Crippen molar-refractivity contribution in [3.63, 3.8) is 0 Å². The number of hydrogen-bond donors (Lipinski definition) is 0. The van der Waals surface area contributed by atoms with E-state index in [1.807, 2.05) is 0 Å². The van der Waals surface area contributed by atoms with Crippen molar-refractivity contribution in [2.45, 2.75) is 36.9 Å². The maximum absolute atomic E-state index is 5.15. The molecule has 8 rings (SSSR count). The third-order valence-corrected chi connectivity index (χ3v) is 9.06. The van der Waals surface area contributed by atoms with Crippen LogP contribution in [-0.2, 0) is 6.42 Å². The Balaban J connectivity index is 1.27. The second-order valence-electron chi connectivity index (χ2n) is 10.9. The van der Waals surface area contributed by atoms with Crippen LogP contribution in [0.4, 0.5) is 0 Å². The van der Waals surface area contributed by atoms with Gasteiger partial charge in [0.1, 0.15) is 0 Å². The third-order valence-electron chi connectivity index (χ3n) is 8.44. The monoisotopic (exact) mass is 581 g/mol. The van der Waals surface area contributed by atoms with Gasteiger partial charge in [-0.15, -0.1) is 0 Å². The number of nitrogens with zero attached hydrogens (tertiary/aromatic N) is 3. The Labute approximate surface area is 242 Å². The molecule has 0 aliphatic heterocycles. The average molecular weight is 583 g/mol. The van der Waals surface area contributed by atoms with Crippen molar-refractivity contribution in [1.29, 1.82) is 0 Å². The van der Waals surface area contributed by atoms with Gasteiger partial charge in [0, 0.05) is 27.0 Å². The molecule has 3 aliphatic carbocycles. The van der Waals surface area contributed by atoms with E-state index in [0.717, 1.165) is 54.5 Å². The first-order valence-electron chi connectivity index (χ1n) is 14.2. The molecule has 0 N–H and O–H groups in total. The predicted octanol–water partition coefficient (Wildman–Crippen LogP) is 9.52. The molecule has 2 heterocycles. The number of alkyl halides is 1. The molecule has 0 fully saturated rings. The molecule has 0 saturated heterocycles. The summed E-state index contributed by atoms with van der Waals surface area (Å²) in [7, 11) is 0. The topological polar surface area (TPSA) is 30.7 Å². The standard InChI is InChI=1S/C36H28BrN3/c37-26-17-21-32-30(22-26)34-28-11-5-4-8-23(28)16-20-33(34)40(32)27-18-14-25(15-19-27)36-38-31-13-7-6-12-29(31)35(39-36)24-9-2-1-3-10-24/h2,4-14,16-18,20-21,26H,1,3,15,19,22H2. The van der Waals surface area contributed by atoms with Crippen LogP contribution in [0, 0.1) is 0 Å². The summed E-state index contributed by atoms with van der Waals surface area (Å²) in [6.45, 7) is 0. The Bertz CT molecular complexity index is 2000. The molecule has 0 radical (unpaired) electrons. The summed E-state index contributed by atoms with van der Waals surface area (Å²) in [6.07, 6.45) is 20.9. The Morgan fingerprint density at radius 1 is 0.825 bits per heavy atom. The van der Waals surface area contributed by atoms with Crippen LogP contribution in [-0.4, -0.2) is 19.4 Å². The summed E-state index contributed by atoms with van der Waals surface area (Å²) in [4.78, 5) is 10.5. The van der Waals surface area contributed by atoms with Gasteiger partial charge in [-0.05, 0) is 83.9 Å². The highest BCUT2D eigenvalue weighted by Crippen LogP contribution is 2.41. The van der Waals surface area contributed by atoms with Crippen molar-refractivity contribution in [2.75, 3.05) is 0 Å². The molecule has 40 heavy (non-hydrogen) atoms. The maximum atomic E-state index is 5.15. The second kappa shape index (κ2) is 9.57. The average Bonchev–Trinajstić information content (AvgIpc) is 3.35. The van der Waals surface area contributed by atoms with Gasteiger partial charge in [-0.2, -0.15) is 0 Å². The van der Waals surface area contributed by atoms with Crippen molar-refractivity contribution in [3.05, 3.63) is 120 Å². The highest BCUT2D eigenvalue weighted by molar-refractivity contribution is 9.09. The van der Waals surface area contributed by atoms with Gasteiger partial charge in [-0.3, -0.25) is 0 Å². The van der Waals surface area contributed by atoms with Gasteiger partial charge in [0.05, 0.1) is 16.7 Å². The lowest BCUT2D eigenvalue weighted by molar-refractivity contribution is 0.935. The number of benzene rings is 3. The molecule has 3 nitrogen and oxygen atoms in total. The first-order chi connectivity index (χ1) is 19.7. The summed E-state index contributed by atoms with van der Waals surface area (Å²) in [6, 6.07) is 21.7. The molecule has 5 aromatic rings.